The third-order valence-corrected chi connectivity index (χ3v) is 9.09. The van der Waals surface area contributed by atoms with Gasteiger partial charge in [0.05, 0.1) is 42.1 Å². The number of nitrogens with zero attached hydrogens (tertiary/aromatic N) is 2. The standard InChI is InChI=1S/C35H30N2O5S/c1-23-8-18-29(19-9-23)43(39,40)36-31-22-32(25-10-14-27(41-2)15-11-25)37-21-20-24-6-4-5-7-30(24)34(37)33(31)35(38)26-12-16-28(42-3)17-13-26/h4-21,32H,22H2,1-3H3. The molecule has 0 N–H and O–H groups in total. The lowest BCUT2D eigenvalue weighted by Gasteiger charge is -2.41. The van der Waals surface area contributed by atoms with Crippen LogP contribution in [-0.2, 0) is 10.0 Å². The van der Waals surface area contributed by atoms with Crippen molar-refractivity contribution in [2.24, 2.45) is 4.40 Å². The lowest BCUT2D eigenvalue weighted by molar-refractivity contribution is 0.103. The molecule has 0 bridgehead atoms. The van der Waals surface area contributed by atoms with Gasteiger partial charge in [-0.15, -0.1) is 0 Å². The molecule has 0 aromatic heterocycles. The number of fused-ring (bicyclic) bond motifs is 3. The Morgan fingerprint density at radius 1 is 0.837 bits per heavy atom. The van der Waals surface area contributed by atoms with Gasteiger partial charge in [-0.3, -0.25) is 4.79 Å². The van der Waals surface area contributed by atoms with Gasteiger partial charge in [0.25, 0.3) is 10.0 Å². The van der Waals surface area contributed by atoms with Gasteiger partial charge in [-0.25, -0.2) is 0 Å². The molecule has 7 nitrogen and oxygen atoms in total. The summed E-state index contributed by atoms with van der Waals surface area (Å²) in [4.78, 5) is 16.5. The summed E-state index contributed by atoms with van der Waals surface area (Å²) < 4.78 is 42.6. The first-order chi connectivity index (χ1) is 20.8. The van der Waals surface area contributed by atoms with Crippen molar-refractivity contribution in [3.05, 3.63) is 137 Å². The van der Waals surface area contributed by atoms with Crippen LogP contribution in [0.1, 0.15) is 45.1 Å². The number of Topliss-reactive ketones (excluding diaryl/α,β-unsaturated/α-hetero) is 1. The van der Waals surface area contributed by atoms with Crippen molar-refractivity contribution >= 4 is 33.3 Å². The minimum atomic E-state index is -4.14. The Kier molecular flexibility index (Phi) is 7.46. The number of carbonyl (C=O) groups excluding carboxylic acids is 1. The van der Waals surface area contributed by atoms with Crippen LogP contribution in [0, 0.1) is 6.92 Å². The molecule has 4 aromatic carbocycles. The summed E-state index contributed by atoms with van der Waals surface area (Å²) in [6.45, 7) is 1.89. The Labute approximate surface area is 251 Å². The summed E-state index contributed by atoms with van der Waals surface area (Å²) in [6.07, 6.45) is 4.15. The van der Waals surface area contributed by atoms with Crippen LogP contribution in [0.25, 0.3) is 11.8 Å². The lowest BCUT2D eigenvalue weighted by atomic mass is 9.82. The number of ketones is 1. The maximum Gasteiger partial charge on any atom is 0.282 e. The molecule has 1 atom stereocenters. The molecular weight excluding hydrogens is 560 g/mol. The molecular formula is C35H30N2O5S. The van der Waals surface area contributed by atoms with E-state index in [9.17, 15) is 13.2 Å². The number of ether oxygens (including phenoxy) is 2. The summed E-state index contributed by atoms with van der Waals surface area (Å²) in [5.41, 5.74) is 5.08. The van der Waals surface area contributed by atoms with E-state index in [1.165, 1.54) is 0 Å². The second-order valence-corrected chi connectivity index (χ2v) is 12.0. The molecule has 43 heavy (non-hydrogen) atoms. The number of hydrogen-bond donors (Lipinski definition) is 0. The van der Waals surface area contributed by atoms with Gasteiger partial charge in [0.2, 0.25) is 0 Å². The summed E-state index contributed by atoms with van der Waals surface area (Å²) in [5, 5.41) is 0. The highest BCUT2D eigenvalue weighted by Gasteiger charge is 2.39. The summed E-state index contributed by atoms with van der Waals surface area (Å²) in [7, 11) is -0.972. The average molecular weight is 591 g/mol. The molecule has 1 unspecified atom stereocenters. The van der Waals surface area contributed by atoms with Gasteiger partial charge in [0.1, 0.15) is 11.5 Å². The summed E-state index contributed by atoms with van der Waals surface area (Å²) in [6, 6.07) is 28.5. The molecule has 0 saturated carbocycles. The number of rotatable bonds is 7. The largest absolute Gasteiger partial charge is 0.497 e. The number of sulfonamides is 1. The Balaban J connectivity index is 1.61. The fourth-order valence-electron chi connectivity index (χ4n) is 5.50. The van der Waals surface area contributed by atoms with Gasteiger partial charge in [-0.2, -0.15) is 12.8 Å². The van der Waals surface area contributed by atoms with Crippen LogP contribution in [0.15, 0.2) is 118 Å². The Morgan fingerprint density at radius 2 is 1.47 bits per heavy atom. The minimum Gasteiger partial charge on any atom is -0.497 e. The number of carbonyl (C=O) groups is 1. The summed E-state index contributed by atoms with van der Waals surface area (Å²) in [5.74, 6) is 1.00. The van der Waals surface area contributed by atoms with Crippen LogP contribution in [-0.4, -0.2) is 39.0 Å². The highest BCUT2D eigenvalue weighted by molar-refractivity contribution is 7.90. The van der Waals surface area contributed by atoms with Crippen molar-refractivity contribution in [1.29, 1.82) is 0 Å². The van der Waals surface area contributed by atoms with Gasteiger partial charge in [0, 0.05) is 23.7 Å². The smallest absolute Gasteiger partial charge is 0.282 e. The van der Waals surface area contributed by atoms with Crippen molar-refractivity contribution in [2.45, 2.75) is 24.3 Å². The first-order valence-corrected chi connectivity index (χ1v) is 15.3. The van der Waals surface area contributed by atoms with E-state index in [1.807, 2.05) is 67.7 Å². The number of aryl methyl sites for hydroxylation is 1. The zero-order chi connectivity index (χ0) is 30.1. The second kappa shape index (κ2) is 11.4. The molecule has 4 aromatic rings. The first kappa shape index (κ1) is 28.2. The maximum absolute atomic E-state index is 14.4. The van der Waals surface area contributed by atoms with Crippen LogP contribution in [0.4, 0.5) is 0 Å². The van der Waals surface area contributed by atoms with E-state index in [1.54, 1.807) is 62.8 Å². The quantitative estimate of drug-likeness (QED) is 0.219. The summed E-state index contributed by atoms with van der Waals surface area (Å²) >= 11 is 0. The third kappa shape index (κ3) is 5.37. The number of methoxy groups -OCH3 is 2. The SMILES string of the molecule is COc1ccc(C(=O)C2=C3c4ccccc4C=CN3C(c3ccc(OC)cc3)CC2=NS(=O)(=O)c2ccc(C)cc2)cc1. The molecule has 0 spiro atoms. The van der Waals surface area contributed by atoms with Crippen LogP contribution in [0.3, 0.4) is 0 Å². The topological polar surface area (TPSA) is 85.3 Å². The van der Waals surface area contributed by atoms with Crippen LogP contribution >= 0.6 is 0 Å². The molecule has 0 amide bonds. The van der Waals surface area contributed by atoms with Crippen molar-refractivity contribution in [3.63, 3.8) is 0 Å². The van der Waals surface area contributed by atoms with Gasteiger partial charge in [-0.05, 0) is 72.7 Å². The fraction of sp³-hybridized carbons (Fsp3) is 0.143. The molecule has 0 saturated heterocycles. The molecule has 0 fully saturated rings. The van der Waals surface area contributed by atoms with E-state index in [0.717, 1.165) is 22.3 Å². The molecule has 6 rings (SSSR count). The molecule has 2 heterocycles. The van der Waals surface area contributed by atoms with Gasteiger partial charge in [-0.1, -0.05) is 54.1 Å². The molecule has 8 heteroatoms. The van der Waals surface area contributed by atoms with Crippen molar-refractivity contribution in [3.8, 4) is 11.5 Å². The predicted molar refractivity (Wildman–Crippen MR) is 168 cm³/mol. The zero-order valence-corrected chi connectivity index (χ0v) is 24.8. The molecule has 2 aliphatic heterocycles. The minimum absolute atomic E-state index is 0.0687. The molecule has 0 radical (unpaired) electrons. The van der Waals surface area contributed by atoms with E-state index < -0.39 is 10.0 Å². The van der Waals surface area contributed by atoms with Crippen LogP contribution < -0.4 is 9.47 Å². The van der Waals surface area contributed by atoms with E-state index in [0.29, 0.717) is 22.8 Å². The highest BCUT2D eigenvalue weighted by Crippen LogP contribution is 2.45. The van der Waals surface area contributed by atoms with E-state index >= 15 is 0 Å². The molecule has 2 aliphatic rings. The van der Waals surface area contributed by atoms with Crippen molar-refractivity contribution < 1.29 is 22.7 Å². The van der Waals surface area contributed by atoms with Crippen molar-refractivity contribution in [1.82, 2.24) is 4.90 Å². The number of benzene rings is 4. The monoisotopic (exact) mass is 590 g/mol. The average Bonchev–Trinajstić information content (AvgIpc) is 3.04. The van der Waals surface area contributed by atoms with E-state index in [2.05, 4.69) is 9.30 Å². The maximum atomic E-state index is 14.4. The number of allylic oxidation sites excluding steroid dienone is 1. The van der Waals surface area contributed by atoms with Crippen LogP contribution in [0.2, 0.25) is 0 Å². The number of hydrogen-bond acceptors (Lipinski definition) is 6. The Morgan fingerprint density at radius 3 is 2.12 bits per heavy atom. The lowest BCUT2D eigenvalue weighted by Crippen LogP contribution is -2.36. The fourth-order valence-corrected chi connectivity index (χ4v) is 6.54. The molecule has 0 aliphatic carbocycles. The van der Waals surface area contributed by atoms with E-state index in [-0.39, 0.29) is 34.4 Å². The zero-order valence-electron chi connectivity index (χ0n) is 24.0. The first-order valence-electron chi connectivity index (χ1n) is 13.8. The van der Waals surface area contributed by atoms with Crippen LogP contribution in [0.5, 0.6) is 11.5 Å². The highest BCUT2D eigenvalue weighted by atomic mass is 32.2. The normalized spacial score (nSPS) is 17.0. The van der Waals surface area contributed by atoms with Gasteiger partial charge >= 0.3 is 0 Å². The van der Waals surface area contributed by atoms with Gasteiger partial charge in [0.15, 0.2) is 5.78 Å². The van der Waals surface area contributed by atoms with Gasteiger partial charge < -0.3 is 14.4 Å². The van der Waals surface area contributed by atoms with E-state index in [4.69, 9.17) is 9.47 Å². The van der Waals surface area contributed by atoms with Crippen molar-refractivity contribution in [2.75, 3.05) is 14.2 Å². The Hall–Kier alpha value is -4.95. The third-order valence-electron chi connectivity index (χ3n) is 7.77. The predicted octanol–water partition coefficient (Wildman–Crippen LogP) is 6.87. The Bertz CT molecular complexity index is 1890. The second-order valence-electron chi connectivity index (χ2n) is 10.4. The molecule has 216 valence electrons.